The molecule has 1 saturated heterocycles. The third kappa shape index (κ3) is 3.75. The van der Waals surface area contributed by atoms with Gasteiger partial charge in [0.1, 0.15) is 5.41 Å². The maximum absolute atomic E-state index is 12.8. The minimum Gasteiger partial charge on any atom is -0.339 e. The van der Waals surface area contributed by atoms with Crippen LogP contribution in [0.4, 0.5) is 5.69 Å². The summed E-state index contributed by atoms with van der Waals surface area (Å²) in [5.74, 6) is -0.522. The molecule has 1 aromatic carbocycles. The van der Waals surface area contributed by atoms with Crippen LogP contribution >= 0.6 is 0 Å². The maximum atomic E-state index is 12.8. The van der Waals surface area contributed by atoms with Crippen molar-refractivity contribution in [1.82, 2.24) is 9.80 Å². The van der Waals surface area contributed by atoms with Gasteiger partial charge in [0.15, 0.2) is 0 Å². The van der Waals surface area contributed by atoms with Gasteiger partial charge >= 0.3 is 0 Å². The van der Waals surface area contributed by atoms with Crippen LogP contribution in [0.1, 0.15) is 26.3 Å². The summed E-state index contributed by atoms with van der Waals surface area (Å²) < 4.78 is 0. The first-order valence-electron chi connectivity index (χ1n) is 8.15. The molecule has 0 radical (unpaired) electrons. The van der Waals surface area contributed by atoms with Crippen molar-refractivity contribution >= 4 is 23.4 Å². The molecule has 0 aliphatic carbocycles. The molecule has 0 saturated carbocycles. The summed E-state index contributed by atoms with van der Waals surface area (Å²) in [6, 6.07) is 7.47. The molecule has 1 aliphatic rings. The number of rotatable bonds is 3. The van der Waals surface area contributed by atoms with E-state index in [2.05, 4.69) is 5.32 Å². The number of nitrogens with one attached hydrogen (secondary N) is 1. The molecule has 0 aromatic heterocycles. The number of aryl methyl sites for hydroxylation is 1. The minimum absolute atomic E-state index is 0.0126. The van der Waals surface area contributed by atoms with Gasteiger partial charge in [-0.2, -0.15) is 0 Å². The highest BCUT2D eigenvalue weighted by Gasteiger charge is 2.40. The van der Waals surface area contributed by atoms with Crippen LogP contribution in [0.5, 0.6) is 0 Å². The highest BCUT2D eigenvalue weighted by molar-refractivity contribution is 6.10. The summed E-state index contributed by atoms with van der Waals surface area (Å²) >= 11 is 0. The molecule has 1 aliphatic heterocycles. The van der Waals surface area contributed by atoms with Crippen LogP contribution in [0.25, 0.3) is 0 Å². The first-order chi connectivity index (χ1) is 11.2. The van der Waals surface area contributed by atoms with Crippen molar-refractivity contribution in [1.29, 1.82) is 0 Å². The normalized spacial score (nSPS) is 15.2. The molecule has 130 valence electrons. The molecule has 1 heterocycles. The van der Waals surface area contributed by atoms with E-state index in [1.807, 2.05) is 31.2 Å². The van der Waals surface area contributed by atoms with Crippen LogP contribution in [0.3, 0.4) is 0 Å². The average Bonchev–Trinajstić information content (AvgIpc) is 2.56. The Morgan fingerprint density at radius 1 is 1.00 bits per heavy atom. The average molecular weight is 331 g/mol. The Kier molecular flexibility index (Phi) is 5.26. The first kappa shape index (κ1) is 18.0. The van der Waals surface area contributed by atoms with Gasteiger partial charge in [-0.15, -0.1) is 0 Å². The standard InChI is InChI=1S/C18H25N3O3/c1-13-7-5-6-8-15(13)19-16(23)18(3,4)17(24)21-11-9-20(10-12-21)14(2)22/h5-8H,9-12H2,1-4H3,(H,19,23). The van der Waals surface area contributed by atoms with Crippen LogP contribution in [-0.4, -0.2) is 53.7 Å². The second kappa shape index (κ2) is 7.03. The molecule has 6 heteroatoms. The highest BCUT2D eigenvalue weighted by atomic mass is 16.2. The van der Waals surface area contributed by atoms with Gasteiger partial charge in [0.05, 0.1) is 0 Å². The minimum atomic E-state index is -1.17. The topological polar surface area (TPSA) is 69.7 Å². The van der Waals surface area contributed by atoms with Crippen molar-refractivity contribution in [3.05, 3.63) is 29.8 Å². The number of nitrogens with zero attached hydrogens (tertiary/aromatic N) is 2. The van der Waals surface area contributed by atoms with E-state index in [1.165, 1.54) is 6.92 Å². The number of piperazine rings is 1. The molecule has 1 N–H and O–H groups in total. The fourth-order valence-electron chi connectivity index (χ4n) is 2.71. The van der Waals surface area contributed by atoms with E-state index in [4.69, 9.17) is 0 Å². The lowest BCUT2D eigenvalue weighted by atomic mass is 9.89. The van der Waals surface area contributed by atoms with Crippen LogP contribution in [0.2, 0.25) is 0 Å². The molecule has 24 heavy (non-hydrogen) atoms. The fraction of sp³-hybridized carbons (Fsp3) is 0.500. The van der Waals surface area contributed by atoms with Gasteiger partial charge in [-0.3, -0.25) is 14.4 Å². The number of hydrogen-bond donors (Lipinski definition) is 1. The summed E-state index contributed by atoms with van der Waals surface area (Å²) in [6.45, 7) is 8.65. The van der Waals surface area contributed by atoms with E-state index in [9.17, 15) is 14.4 Å². The zero-order valence-corrected chi connectivity index (χ0v) is 14.8. The largest absolute Gasteiger partial charge is 0.339 e. The van der Waals surface area contributed by atoms with Gasteiger partial charge in [0.2, 0.25) is 17.7 Å². The van der Waals surface area contributed by atoms with E-state index in [-0.39, 0.29) is 17.7 Å². The van der Waals surface area contributed by atoms with Gasteiger partial charge in [0.25, 0.3) is 0 Å². The van der Waals surface area contributed by atoms with E-state index in [1.54, 1.807) is 23.6 Å². The van der Waals surface area contributed by atoms with Crippen molar-refractivity contribution < 1.29 is 14.4 Å². The van der Waals surface area contributed by atoms with Crippen molar-refractivity contribution in [2.75, 3.05) is 31.5 Å². The molecule has 2 rings (SSSR count). The Hall–Kier alpha value is -2.37. The van der Waals surface area contributed by atoms with Crippen molar-refractivity contribution in [3.63, 3.8) is 0 Å². The van der Waals surface area contributed by atoms with Gasteiger partial charge in [-0.1, -0.05) is 18.2 Å². The quantitative estimate of drug-likeness (QED) is 0.856. The lowest BCUT2D eigenvalue weighted by Crippen LogP contribution is -2.55. The molecule has 1 aromatic rings. The van der Waals surface area contributed by atoms with Crippen molar-refractivity contribution in [2.45, 2.75) is 27.7 Å². The molecule has 0 bridgehead atoms. The lowest BCUT2D eigenvalue weighted by molar-refractivity contribution is -0.149. The smallest absolute Gasteiger partial charge is 0.239 e. The molecule has 3 amide bonds. The number of amides is 3. The Bertz CT molecular complexity index is 647. The molecular weight excluding hydrogens is 306 g/mol. The Morgan fingerprint density at radius 3 is 2.08 bits per heavy atom. The van der Waals surface area contributed by atoms with Crippen LogP contribution in [-0.2, 0) is 14.4 Å². The number of para-hydroxylation sites is 1. The number of carbonyl (C=O) groups excluding carboxylic acids is 3. The summed E-state index contributed by atoms with van der Waals surface area (Å²) in [5.41, 5.74) is 0.495. The number of benzene rings is 1. The fourth-order valence-corrected chi connectivity index (χ4v) is 2.71. The summed E-state index contributed by atoms with van der Waals surface area (Å²) in [6.07, 6.45) is 0. The predicted octanol–water partition coefficient (Wildman–Crippen LogP) is 1.65. The Balaban J connectivity index is 2.03. The highest BCUT2D eigenvalue weighted by Crippen LogP contribution is 2.24. The second-order valence-electron chi connectivity index (χ2n) is 6.69. The third-order valence-corrected chi connectivity index (χ3v) is 4.51. The summed E-state index contributed by atoms with van der Waals surface area (Å²) in [4.78, 5) is 40.1. The summed E-state index contributed by atoms with van der Waals surface area (Å²) in [7, 11) is 0. The predicted molar refractivity (Wildman–Crippen MR) is 92.4 cm³/mol. The SMILES string of the molecule is CC(=O)N1CCN(C(=O)C(C)(C)C(=O)Nc2ccccc2C)CC1. The monoisotopic (exact) mass is 331 g/mol. The van der Waals surface area contributed by atoms with Crippen LogP contribution in [0.15, 0.2) is 24.3 Å². The Morgan fingerprint density at radius 2 is 1.54 bits per heavy atom. The van der Waals surface area contributed by atoms with Crippen molar-refractivity contribution in [3.8, 4) is 0 Å². The maximum Gasteiger partial charge on any atom is 0.239 e. The first-order valence-corrected chi connectivity index (χ1v) is 8.15. The number of hydrogen-bond acceptors (Lipinski definition) is 3. The number of anilines is 1. The second-order valence-corrected chi connectivity index (χ2v) is 6.69. The molecule has 0 spiro atoms. The zero-order valence-electron chi connectivity index (χ0n) is 14.8. The zero-order chi connectivity index (χ0) is 17.9. The van der Waals surface area contributed by atoms with Gasteiger partial charge in [-0.05, 0) is 32.4 Å². The number of carbonyl (C=O) groups is 3. The van der Waals surface area contributed by atoms with E-state index >= 15 is 0 Å². The van der Waals surface area contributed by atoms with E-state index in [0.29, 0.717) is 31.9 Å². The lowest BCUT2D eigenvalue weighted by Gasteiger charge is -2.37. The molecule has 0 unspecified atom stereocenters. The van der Waals surface area contributed by atoms with Crippen LogP contribution in [0, 0.1) is 12.3 Å². The van der Waals surface area contributed by atoms with Crippen molar-refractivity contribution in [2.24, 2.45) is 5.41 Å². The Labute approximate surface area is 142 Å². The third-order valence-electron chi connectivity index (χ3n) is 4.51. The van der Waals surface area contributed by atoms with Gasteiger partial charge in [-0.25, -0.2) is 0 Å². The molecule has 1 fully saturated rings. The van der Waals surface area contributed by atoms with Gasteiger partial charge in [0, 0.05) is 38.8 Å². The molecule has 6 nitrogen and oxygen atoms in total. The van der Waals surface area contributed by atoms with Gasteiger partial charge < -0.3 is 15.1 Å². The molecular formula is C18H25N3O3. The van der Waals surface area contributed by atoms with E-state index in [0.717, 1.165) is 5.56 Å². The van der Waals surface area contributed by atoms with Crippen LogP contribution < -0.4 is 5.32 Å². The van der Waals surface area contributed by atoms with E-state index < -0.39 is 5.41 Å². The summed E-state index contributed by atoms with van der Waals surface area (Å²) in [5, 5.41) is 2.85. The molecule has 0 atom stereocenters.